The number of aromatic nitrogens is 1. The molecule has 0 fully saturated rings. The van der Waals surface area contributed by atoms with Gasteiger partial charge >= 0.3 is 0 Å². The van der Waals surface area contributed by atoms with Crippen molar-refractivity contribution in [3.05, 3.63) is 51.5 Å². The molecule has 7 heteroatoms. The van der Waals surface area contributed by atoms with Gasteiger partial charge in [0, 0.05) is 16.2 Å². The summed E-state index contributed by atoms with van der Waals surface area (Å²) in [7, 11) is 0. The van der Waals surface area contributed by atoms with Crippen molar-refractivity contribution < 1.29 is 14.3 Å². The molecule has 0 radical (unpaired) electrons. The molecule has 0 amide bonds. The minimum absolute atomic E-state index is 0.0372. The van der Waals surface area contributed by atoms with Crippen LogP contribution in [0.15, 0.2) is 33.9 Å². The molecule has 0 saturated carbocycles. The van der Waals surface area contributed by atoms with Crippen LogP contribution in [0.4, 0.5) is 4.39 Å². The Morgan fingerprint density at radius 2 is 2.05 bits per heavy atom. The van der Waals surface area contributed by atoms with Gasteiger partial charge in [-0.1, -0.05) is 21.1 Å². The Morgan fingerprint density at radius 1 is 1.33 bits per heavy atom. The maximum absolute atomic E-state index is 13.9. The van der Waals surface area contributed by atoms with E-state index in [1.54, 1.807) is 26.0 Å². The van der Waals surface area contributed by atoms with Crippen molar-refractivity contribution in [1.82, 2.24) is 4.98 Å². The topological polar surface area (TPSA) is 80.7 Å². The van der Waals surface area contributed by atoms with Gasteiger partial charge in [-0.2, -0.15) is 0 Å². The lowest BCUT2D eigenvalue weighted by molar-refractivity contribution is 0.318. The largest absolute Gasteiger partial charge is 0.453 e. The van der Waals surface area contributed by atoms with E-state index in [4.69, 9.17) is 15.7 Å². The second-order valence-corrected chi connectivity index (χ2v) is 5.30. The van der Waals surface area contributed by atoms with Crippen molar-refractivity contribution in [3.8, 4) is 11.5 Å². The lowest BCUT2D eigenvalue weighted by Crippen LogP contribution is -2.17. The molecule has 0 bridgehead atoms. The van der Waals surface area contributed by atoms with E-state index in [1.165, 1.54) is 12.1 Å². The number of pyridine rings is 1. The van der Waals surface area contributed by atoms with Gasteiger partial charge in [-0.15, -0.1) is 0 Å². The first-order valence-electron chi connectivity index (χ1n) is 6.01. The number of nitrogens with zero attached hydrogens (tertiary/aromatic N) is 2. The van der Waals surface area contributed by atoms with Crippen molar-refractivity contribution in [2.75, 3.05) is 0 Å². The lowest BCUT2D eigenvalue weighted by Gasteiger charge is -2.13. The Bertz CT molecular complexity index is 720. The second-order valence-electron chi connectivity index (χ2n) is 4.38. The summed E-state index contributed by atoms with van der Waals surface area (Å²) in [6, 6.07) is 6.03. The highest BCUT2D eigenvalue weighted by Gasteiger charge is 2.16. The SMILES string of the molecule is Cc1cc(Oc2ccc(Br)cc2F)c(/C(N)=N/O)c(C)n1. The number of oxime groups is 1. The summed E-state index contributed by atoms with van der Waals surface area (Å²) >= 11 is 3.18. The van der Waals surface area contributed by atoms with E-state index >= 15 is 0 Å². The zero-order chi connectivity index (χ0) is 15.6. The van der Waals surface area contributed by atoms with Gasteiger partial charge in [0.05, 0.1) is 11.3 Å². The van der Waals surface area contributed by atoms with Crippen LogP contribution in [0.5, 0.6) is 11.5 Å². The van der Waals surface area contributed by atoms with E-state index in [9.17, 15) is 4.39 Å². The highest BCUT2D eigenvalue weighted by Crippen LogP contribution is 2.30. The van der Waals surface area contributed by atoms with Crippen molar-refractivity contribution in [2.45, 2.75) is 13.8 Å². The number of hydrogen-bond donors (Lipinski definition) is 2. The normalized spacial score (nSPS) is 11.5. The number of ether oxygens (including phenoxy) is 1. The number of rotatable bonds is 3. The van der Waals surface area contributed by atoms with Gasteiger partial charge in [-0.3, -0.25) is 4.98 Å². The van der Waals surface area contributed by atoms with Gasteiger partial charge in [0.15, 0.2) is 17.4 Å². The molecule has 2 rings (SSSR count). The lowest BCUT2D eigenvalue weighted by atomic mass is 10.1. The van der Waals surface area contributed by atoms with Crippen LogP contribution in [-0.4, -0.2) is 16.0 Å². The van der Waals surface area contributed by atoms with E-state index in [0.29, 0.717) is 21.4 Å². The summed E-state index contributed by atoms with van der Waals surface area (Å²) in [5, 5.41) is 11.8. The summed E-state index contributed by atoms with van der Waals surface area (Å²) < 4.78 is 20.0. The van der Waals surface area contributed by atoms with E-state index in [2.05, 4.69) is 26.1 Å². The highest BCUT2D eigenvalue weighted by molar-refractivity contribution is 9.10. The van der Waals surface area contributed by atoms with E-state index < -0.39 is 5.82 Å². The van der Waals surface area contributed by atoms with Crippen LogP contribution in [0.2, 0.25) is 0 Å². The maximum atomic E-state index is 13.9. The zero-order valence-electron chi connectivity index (χ0n) is 11.4. The Labute approximate surface area is 129 Å². The molecule has 1 aromatic carbocycles. The maximum Gasteiger partial charge on any atom is 0.175 e. The number of aryl methyl sites for hydroxylation is 2. The Balaban J connectivity index is 2.53. The van der Waals surface area contributed by atoms with Crippen LogP contribution in [0.25, 0.3) is 0 Å². The summed E-state index contributed by atoms with van der Waals surface area (Å²) in [5.41, 5.74) is 7.17. The Hall–Kier alpha value is -2.15. The summed E-state index contributed by atoms with van der Waals surface area (Å²) in [6.07, 6.45) is 0. The van der Waals surface area contributed by atoms with Gasteiger partial charge in [0.1, 0.15) is 5.75 Å². The first-order valence-corrected chi connectivity index (χ1v) is 6.80. The van der Waals surface area contributed by atoms with Crippen LogP contribution in [-0.2, 0) is 0 Å². The monoisotopic (exact) mass is 353 g/mol. The number of nitrogens with two attached hydrogens (primary N) is 1. The molecule has 0 aliphatic heterocycles. The molecule has 2 aromatic rings. The zero-order valence-corrected chi connectivity index (χ0v) is 13.0. The van der Waals surface area contributed by atoms with E-state index in [0.717, 1.165) is 0 Å². The fourth-order valence-electron chi connectivity index (χ4n) is 1.91. The molecule has 1 heterocycles. The first-order chi connectivity index (χ1) is 9.92. The van der Waals surface area contributed by atoms with Crippen molar-refractivity contribution in [2.24, 2.45) is 10.9 Å². The molecule has 5 nitrogen and oxygen atoms in total. The number of halogens is 2. The molecule has 21 heavy (non-hydrogen) atoms. The summed E-state index contributed by atoms with van der Waals surface area (Å²) in [5.74, 6) is -0.360. The van der Waals surface area contributed by atoms with Crippen LogP contribution in [0.3, 0.4) is 0 Å². The number of benzene rings is 1. The molecule has 0 aliphatic carbocycles. The standard InChI is InChI=1S/C14H13BrFN3O2/c1-7-5-12(13(8(2)18-7)14(17)19-20)21-11-4-3-9(15)6-10(11)16/h3-6,20H,1-2H3,(H2,17,19). The number of hydrogen-bond acceptors (Lipinski definition) is 4. The minimum Gasteiger partial charge on any atom is -0.453 e. The highest BCUT2D eigenvalue weighted by atomic mass is 79.9. The quantitative estimate of drug-likeness (QED) is 0.383. The van der Waals surface area contributed by atoms with Gasteiger partial charge in [0.2, 0.25) is 0 Å². The third-order valence-corrected chi connectivity index (χ3v) is 3.26. The van der Waals surface area contributed by atoms with Crippen molar-refractivity contribution in [1.29, 1.82) is 0 Å². The van der Waals surface area contributed by atoms with Crippen molar-refractivity contribution >= 4 is 21.8 Å². The van der Waals surface area contributed by atoms with E-state index in [1.807, 2.05) is 0 Å². The molecule has 110 valence electrons. The molecular formula is C14H13BrFN3O2. The minimum atomic E-state index is -0.526. The molecule has 3 N–H and O–H groups in total. The molecule has 1 aromatic heterocycles. The van der Waals surface area contributed by atoms with Gasteiger partial charge < -0.3 is 15.7 Å². The fourth-order valence-corrected chi connectivity index (χ4v) is 2.24. The predicted octanol–water partition coefficient (Wildman–Crippen LogP) is 3.49. The van der Waals surface area contributed by atoms with Gasteiger partial charge in [0.25, 0.3) is 0 Å². The fraction of sp³-hybridized carbons (Fsp3) is 0.143. The predicted molar refractivity (Wildman–Crippen MR) is 80.4 cm³/mol. The smallest absolute Gasteiger partial charge is 0.175 e. The van der Waals surface area contributed by atoms with E-state index in [-0.39, 0.29) is 17.3 Å². The molecule has 0 spiro atoms. The molecule has 0 atom stereocenters. The summed E-state index contributed by atoms with van der Waals surface area (Å²) in [4.78, 5) is 4.23. The second kappa shape index (κ2) is 6.09. The molecule has 0 aliphatic rings. The average Bonchev–Trinajstić information content (AvgIpc) is 2.40. The van der Waals surface area contributed by atoms with Crippen LogP contribution < -0.4 is 10.5 Å². The third-order valence-electron chi connectivity index (χ3n) is 2.77. The van der Waals surface area contributed by atoms with Crippen molar-refractivity contribution in [3.63, 3.8) is 0 Å². The van der Waals surface area contributed by atoms with Crippen LogP contribution in [0, 0.1) is 19.7 Å². The molecular weight excluding hydrogens is 341 g/mol. The van der Waals surface area contributed by atoms with Gasteiger partial charge in [-0.25, -0.2) is 4.39 Å². The third kappa shape index (κ3) is 3.30. The number of amidine groups is 1. The first kappa shape index (κ1) is 15.2. The Kier molecular flexibility index (Phi) is 4.42. The Morgan fingerprint density at radius 3 is 2.67 bits per heavy atom. The van der Waals surface area contributed by atoms with Crippen LogP contribution in [0.1, 0.15) is 17.0 Å². The summed E-state index contributed by atoms with van der Waals surface area (Å²) in [6.45, 7) is 3.47. The van der Waals surface area contributed by atoms with Crippen LogP contribution >= 0.6 is 15.9 Å². The van der Waals surface area contributed by atoms with Gasteiger partial charge in [-0.05, 0) is 32.0 Å². The average molecular weight is 354 g/mol. The molecule has 0 saturated heterocycles. The molecule has 0 unspecified atom stereocenters.